The van der Waals surface area contributed by atoms with E-state index in [1.54, 1.807) is 34.5 Å². The van der Waals surface area contributed by atoms with E-state index in [2.05, 4.69) is 6.08 Å². The van der Waals surface area contributed by atoms with Crippen LogP contribution in [-0.2, 0) is 0 Å². The van der Waals surface area contributed by atoms with E-state index in [1.165, 1.54) is 23.2 Å². The molecule has 1 aliphatic heterocycles. The lowest BCUT2D eigenvalue weighted by molar-refractivity contribution is -0.384. The Hall–Kier alpha value is -4.86. The van der Waals surface area contributed by atoms with Crippen molar-refractivity contribution in [1.29, 1.82) is 0 Å². The van der Waals surface area contributed by atoms with E-state index in [4.69, 9.17) is 24.0 Å². The van der Waals surface area contributed by atoms with Crippen molar-refractivity contribution in [2.24, 2.45) is 11.0 Å². The number of ether oxygens (including phenoxy) is 4. The molecule has 0 spiro atoms. The largest absolute Gasteiger partial charge is 0.493 e. The van der Waals surface area contributed by atoms with E-state index in [1.807, 2.05) is 36.4 Å². The van der Waals surface area contributed by atoms with E-state index < -0.39 is 16.9 Å². The summed E-state index contributed by atoms with van der Waals surface area (Å²) in [4.78, 5) is 24.8. The second-order valence-corrected chi connectivity index (χ2v) is 9.78. The molecule has 0 aromatic heterocycles. The number of nitro benzene ring substituents is 1. The zero-order valence-electron chi connectivity index (χ0n) is 23.3. The first-order valence-electron chi connectivity index (χ1n) is 13.2. The molecule has 41 heavy (non-hydrogen) atoms. The van der Waals surface area contributed by atoms with Crippen LogP contribution in [0.5, 0.6) is 23.0 Å². The first kappa shape index (κ1) is 27.7. The van der Waals surface area contributed by atoms with Gasteiger partial charge in [-0.05, 0) is 72.4 Å². The fourth-order valence-corrected chi connectivity index (χ4v) is 5.57. The summed E-state index contributed by atoms with van der Waals surface area (Å²) in [7, 11) is 6.32. The lowest BCUT2D eigenvalue weighted by Gasteiger charge is -2.30. The van der Waals surface area contributed by atoms with Crippen LogP contribution in [0, 0.1) is 16.0 Å². The van der Waals surface area contributed by atoms with E-state index >= 15 is 0 Å². The van der Waals surface area contributed by atoms with Crippen molar-refractivity contribution in [3.05, 3.63) is 93.0 Å². The Kier molecular flexibility index (Phi) is 7.91. The topological polar surface area (TPSA) is 113 Å². The van der Waals surface area contributed by atoms with Gasteiger partial charge in [0.25, 0.3) is 11.6 Å². The summed E-state index contributed by atoms with van der Waals surface area (Å²) in [6, 6.07) is 16.6. The minimum Gasteiger partial charge on any atom is -0.493 e. The molecule has 3 aromatic carbocycles. The summed E-state index contributed by atoms with van der Waals surface area (Å²) < 4.78 is 21.9. The number of benzene rings is 3. The smallest absolute Gasteiger partial charge is 0.274 e. The Morgan fingerprint density at radius 2 is 1.61 bits per heavy atom. The maximum absolute atomic E-state index is 13.9. The molecule has 1 amide bonds. The van der Waals surface area contributed by atoms with Gasteiger partial charge in [0, 0.05) is 23.6 Å². The summed E-state index contributed by atoms with van der Waals surface area (Å²) in [5.74, 6) is 1.87. The van der Waals surface area contributed by atoms with Gasteiger partial charge in [-0.3, -0.25) is 14.9 Å². The summed E-state index contributed by atoms with van der Waals surface area (Å²) in [5.41, 5.74) is 3.64. The maximum Gasteiger partial charge on any atom is 0.274 e. The normalized spacial score (nSPS) is 18.9. The van der Waals surface area contributed by atoms with Crippen LogP contribution in [0.1, 0.15) is 46.8 Å². The number of carbonyl (C=O) groups excluding carboxylic acids is 1. The summed E-state index contributed by atoms with van der Waals surface area (Å²) >= 11 is 0. The third-order valence-corrected chi connectivity index (χ3v) is 7.51. The van der Waals surface area contributed by atoms with E-state index in [9.17, 15) is 14.9 Å². The maximum atomic E-state index is 13.9. The Morgan fingerprint density at radius 1 is 0.927 bits per heavy atom. The van der Waals surface area contributed by atoms with Crippen molar-refractivity contribution >= 4 is 23.4 Å². The molecule has 0 saturated heterocycles. The van der Waals surface area contributed by atoms with E-state index in [0.717, 1.165) is 41.7 Å². The van der Waals surface area contributed by atoms with Crippen LogP contribution in [-0.4, -0.2) is 50.0 Å². The second kappa shape index (κ2) is 11.7. The molecule has 0 N–H and O–H groups in total. The SMILES string of the molecule is COc1ccc(/C=C2\CCC[C@@H]3C2=NN(C(=O)c2cccc([N+](=O)[O-])c2)[C@H]3c2ccc(OC)c(OC)c2)cc1OC. The summed E-state index contributed by atoms with van der Waals surface area (Å²) in [6.45, 7) is 0. The molecular formula is C31H31N3O7. The highest BCUT2D eigenvalue weighted by Crippen LogP contribution is 2.46. The highest BCUT2D eigenvalue weighted by molar-refractivity contribution is 6.09. The number of hydrazone groups is 1. The molecule has 0 radical (unpaired) electrons. The van der Waals surface area contributed by atoms with Gasteiger partial charge in [0.1, 0.15) is 0 Å². The van der Waals surface area contributed by atoms with Gasteiger partial charge >= 0.3 is 0 Å². The van der Waals surface area contributed by atoms with Crippen LogP contribution in [0.25, 0.3) is 6.08 Å². The quantitative estimate of drug-likeness (QED) is 0.244. The van der Waals surface area contributed by atoms with E-state index in [-0.39, 0.29) is 17.2 Å². The lowest BCUT2D eigenvalue weighted by Crippen LogP contribution is -2.32. The minimum absolute atomic E-state index is 0.0871. The minimum atomic E-state index is -0.512. The number of hydrogen-bond acceptors (Lipinski definition) is 8. The Labute approximate surface area is 237 Å². The molecule has 10 heteroatoms. The number of hydrogen-bond donors (Lipinski definition) is 0. The van der Waals surface area contributed by atoms with Crippen LogP contribution in [0.3, 0.4) is 0 Å². The van der Waals surface area contributed by atoms with Gasteiger partial charge < -0.3 is 18.9 Å². The van der Waals surface area contributed by atoms with Crippen molar-refractivity contribution in [3.8, 4) is 23.0 Å². The highest BCUT2D eigenvalue weighted by atomic mass is 16.6. The van der Waals surface area contributed by atoms with Crippen LogP contribution < -0.4 is 18.9 Å². The van der Waals surface area contributed by atoms with Gasteiger partial charge in [-0.2, -0.15) is 5.10 Å². The molecule has 212 valence electrons. The first-order valence-corrected chi connectivity index (χ1v) is 13.2. The molecule has 1 heterocycles. The zero-order chi connectivity index (χ0) is 29.1. The fourth-order valence-electron chi connectivity index (χ4n) is 5.57. The molecule has 10 nitrogen and oxygen atoms in total. The molecular weight excluding hydrogens is 526 g/mol. The fraction of sp³-hybridized carbons (Fsp3) is 0.290. The van der Waals surface area contributed by atoms with Gasteiger partial charge in [-0.15, -0.1) is 0 Å². The number of nitro groups is 1. The lowest BCUT2D eigenvalue weighted by atomic mass is 9.77. The number of amides is 1. The summed E-state index contributed by atoms with van der Waals surface area (Å²) in [5, 5.41) is 17.8. The molecule has 1 saturated carbocycles. The Bertz CT molecular complexity index is 1550. The third kappa shape index (κ3) is 5.32. The molecule has 1 aliphatic carbocycles. The number of nitrogens with zero attached hydrogens (tertiary/aromatic N) is 3. The standard InChI is InChI=1S/C31H31N3O7/c1-38-25-13-11-19(16-27(25)40-3)15-20-7-6-10-24-29(20)32-33(31(35)22-8-5-9-23(17-22)34(36)37)30(24)21-12-14-26(39-2)28(18-21)41-4/h5,8-9,11-18,24,30H,6-7,10H2,1-4H3/b20-15+/t24-,30+/m1/s1. The first-order chi connectivity index (χ1) is 19.9. The molecule has 5 rings (SSSR count). The van der Waals surface area contributed by atoms with Crippen molar-refractivity contribution in [1.82, 2.24) is 5.01 Å². The number of non-ortho nitro benzene ring substituents is 1. The predicted octanol–water partition coefficient (Wildman–Crippen LogP) is 6.07. The average Bonchev–Trinajstić information content (AvgIpc) is 3.40. The molecule has 0 unspecified atom stereocenters. The Balaban J connectivity index is 1.60. The number of methoxy groups -OCH3 is 4. The average molecular weight is 558 g/mol. The van der Waals surface area contributed by atoms with Gasteiger partial charge in [-0.1, -0.05) is 18.2 Å². The predicted molar refractivity (Wildman–Crippen MR) is 154 cm³/mol. The van der Waals surface area contributed by atoms with Crippen LogP contribution in [0.15, 0.2) is 71.3 Å². The van der Waals surface area contributed by atoms with Gasteiger partial charge in [0.05, 0.1) is 45.1 Å². The zero-order valence-corrected chi connectivity index (χ0v) is 23.3. The van der Waals surface area contributed by atoms with Crippen LogP contribution >= 0.6 is 0 Å². The molecule has 1 fully saturated rings. The summed E-state index contributed by atoms with van der Waals surface area (Å²) in [6.07, 6.45) is 4.59. The second-order valence-electron chi connectivity index (χ2n) is 9.78. The molecule has 3 aromatic rings. The molecule has 2 aliphatic rings. The van der Waals surface area contributed by atoms with Gasteiger partial charge in [0.2, 0.25) is 0 Å². The number of rotatable bonds is 8. The van der Waals surface area contributed by atoms with Crippen molar-refractivity contribution in [2.75, 3.05) is 28.4 Å². The van der Waals surface area contributed by atoms with Crippen molar-refractivity contribution in [2.45, 2.75) is 25.3 Å². The molecule has 0 bridgehead atoms. The Morgan fingerprint density at radius 3 is 2.29 bits per heavy atom. The molecule has 2 atom stereocenters. The van der Waals surface area contributed by atoms with Gasteiger partial charge in [0.15, 0.2) is 23.0 Å². The third-order valence-electron chi connectivity index (χ3n) is 7.51. The van der Waals surface area contributed by atoms with Gasteiger partial charge in [-0.25, -0.2) is 5.01 Å². The number of fused-ring (bicyclic) bond motifs is 1. The number of carbonyl (C=O) groups is 1. The number of allylic oxidation sites excluding steroid dienone is 1. The monoisotopic (exact) mass is 557 g/mol. The van der Waals surface area contributed by atoms with E-state index in [0.29, 0.717) is 23.0 Å². The van der Waals surface area contributed by atoms with Crippen molar-refractivity contribution in [3.63, 3.8) is 0 Å². The highest BCUT2D eigenvalue weighted by Gasteiger charge is 2.44. The van der Waals surface area contributed by atoms with Crippen LogP contribution in [0.4, 0.5) is 5.69 Å². The van der Waals surface area contributed by atoms with Crippen LogP contribution in [0.2, 0.25) is 0 Å². The van der Waals surface area contributed by atoms with Crippen molar-refractivity contribution < 1.29 is 28.7 Å².